The fourth-order valence-electron chi connectivity index (χ4n) is 2.27. The monoisotopic (exact) mass is 237 g/mol. The summed E-state index contributed by atoms with van der Waals surface area (Å²) in [5.41, 5.74) is 6.95. The second-order valence-electron chi connectivity index (χ2n) is 4.77. The molecule has 1 aromatic rings. The van der Waals surface area contributed by atoms with Crippen LogP contribution in [0.1, 0.15) is 45.1 Å². The highest BCUT2D eigenvalue weighted by atomic mass is 19.1. The number of rotatable bonds is 7. The fourth-order valence-corrected chi connectivity index (χ4v) is 2.27. The van der Waals surface area contributed by atoms with Crippen molar-refractivity contribution in [1.82, 2.24) is 0 Å². The van der Waals surface area contributed by atoms with Crippen LogP contribution in [0.5, 0.6) is 0 Å². The molecular weight excluding hydrogens is 213 g/mol. The molecule has 96 valence electrons. The predicted octanol–water partition coefficient (Wildman–Crippen LogP) is 3.91. The molecule has 2 N–H and O–H groups in total. The van der Waals surface area contributed by atoms with E-state index in [0.29, 0.717) is 12.3 Å². The summed E-state index contributed by atoms with van der Waals surface area (Å²) in [6.45, 7) is 4.36. The second-order valence-corrected chi connectivity index (χ2v) is 4.77. The molecule has 0 fully saturated rings. The van der Waals surface area contributed by atoms with Crippen molar-refractivity contribution in [2.75, 3.05) is 0 Å². The Hall–Kier alpha value is -0.890. The van der Waals surface area contributed by atoms with E-state index in [1.54, 1.807) is 6.07 Å². The van der Waals surface area contributed by atoms with Gasteiger partial charge in [-0.05, 0) is 30.4 Å². The van der Waals surface area contributed by atoms with Crippen LogP contribution < -0.4 is 5.73 Å². The van der Waals surface area contributed by atoms with Crippen molar-refractivity contribution < 1.29 is 4.39 Å². The summed E-state index contributed by atoms with van der Waals surface area (Å²) >= 11 is 0. The fraction of sp³-hybridized carbons (Fsp3) is 0.600. The van der Waals surface area contributed by atoms with E-state index in [9.17, 15) is 4.39 Å². The summed E-state index contributed by atoms with van der Waals surface area (Å²) in [6, 6.07) is 7.01. The van der Waals surface area contributed by atoms with Crippen LogP contribution in [0.4, 0.5) is 4.39 Å². The van der Waals surface area contributed by atoms with Gasteiger partial charge in [0.1, 0.15) is 5.82 Å². The first kappa shape index (κ1) is 14.2. The quantitative estimate of drug-likeness (QED) is 0.764. The van der Waals surface area contributed by atoms with Crippen LogP contribution in [-0.4, -0.2) is 6.04 Å². The van der Waals surface area contributed by atoms with Crippen molar-refractivity contribution in [3.63, 3.8) is 0 Å². The molecule has 0 saturated carbocycles. The molecule has 2 heteroatoms. The van der Waals surface area contributed by atoms with E-state index in [0.717, 1.165) is 18.4 Å². The van der Waals surface area contributed by atoms with Gasteiger partial charge in [-0.15, -0.1) is 0 Å². The van der Waals surface area contributed by atoms with Crippen LogP contribution in [0.25, 0.3) is 0 Å². The zero-order chi connectivity index (χ0) is 12.7. The topological polar surface area (TPSA) is 26.0 Å². The van der Waals surface area contributed by atoms with Gasteiger partial charge >= 0.3 is 0 Å². The molecule has 1 rings (SSSR count). The summed E-state index contributed by atoms with van der Waals surface area (Å²) in [5, 5.41) is 0. The van der Waals surface area contributed by atoms with E-state index in [1.807, 2.05) is 12.1 Å². The highest BCUT2D eigenvalue weighted by molar-refractivity contribution is 5.18. The third-order valence-electron chi connectivity index (χ3n) is 3.47. The predicted molar refractivity (Wildman–Crippen MR) is 71.4 cm³/mol. The lowest BCUT2D eigenvalue weighted by Gasteiger charge is -2.22. The summed E-state index contributed by atoms with van der Waals surface area (Å²) in [7, 11) is 0. The lowest BCUT2D eigenvalue weighted by Crippen LogP contribution is -2.32. The molecule has 0 aliphatic carbocycles. The van der Waals surface area contributed by atoms with Gasteiger partial charge in [0, 0.05) is 6.04 Å². The Bertz CT molecular complexity index is 324. The van der Waals surface area contributed by atoms with Gasteiger partial charge in [-0.2, -0.15) is 0 Å². The number of benzene rings is 1. The molecule has 0 aliphatic heterocycles. The summed E-state index contributed by atoms with van der Waals surface area (Å²) in [6.07, 6.45) is 5.29. The normalized spacial score (nSPS) is 14.6. The lowest BCUT2D eigenvalue weighted by molar-refractivity contribution is 0.366. The minimum Gasteiger partial charge on any atom is -0.327 e. The SMILES string of the molecule is CCCCC(CC)C(N)Cc1ccccc1F. The number of hydrogen-bond acceptors (Lipinski definition) is 1. The van der Waals surface area contributed by atoms with Crippen LogP contribution in [-0.2, 0) is 6.42 Å². The third-order valence-corrected chi connectivity index (χ3v) is 3.47. The molecule has 0 amide bonds. The zero-order valence-corrected chi connectivity index (χ0v) is 11.0. The van der Waals surface area contributed by atoms with Crippen LogP contribution in [0, 0.1) is 11.7 Å². The van der Waals surface area contributed by atoms with Crippen LogP contribution in [0.3, 0.4) is 0 Å². The lowest BCUT2D eigenvalue weighted by atomic mass is 9.88. The maximum atomic E-state index is 13.5. The summed E-state index contributed by atoms with van der Waals surface area (Å²) in [4.78, 5) is 0. The number of hydrogen-bond donors (Lipinski definition) is 1. The number of nitrogens with two attached hydrogens (primary N) is 1. The molecule has 0 heterocycles. The van der Waals surface area contributed by atoms with E-state index in [-0.39, 0.29) is 11.9 Å². The minimum absolute atomic E-state index is 0.0726. The van der Waals surface area contributed by atoms with Crippen LogP contribution >= 0.6 is 0 Å². The van der Waals surface area contributed by atoms with Gasteiger partial charge < -0.3 is 5.73 Å². The first-order valence-corrected chi connectivity index (χ1v) is 6.68. The molecule has 0 aliphatic rings. The molecule has 0 bridgehead atoms. The molecular formula is C15H24FN. The summed E-state index contributed by atoms with van der Waals surface area (Å²) < 4.78 is 13.5. The molecule has 0 spiro atoms. The summed E-state index contributed by atoms with van der Waals surface area (Å²) in [5.74, 6) is 0.378. The van der Waals surface area contributed by atoms with Crippen molar-refractivity contribution in [2.45, 2.75) is 52.0 Å². The maximum Gasteiger partial charge on any atom is 0.126 e. The zero-order valence-electron chi connectivity index (χ0n) is 11.0. The van der Waals surface area contributed by atoms with E-state index < -0.39 is 0 Å². The highest BCUT2D eigenvalue weighted by Crippen LogP contribution is 2.19. The van der Waals surface area contributed by atoms with E-state index in [1.165, 1.54) is 18.9 Å². The van der Waals surface area contributed by atoms with Crippen molar-refractivity contribution in [1.29, 1.82) is 0 Å². The van der Waals surface area contributed by atoms with Crippen LogP contribution in [0.2, 0.25) is 0 Å². The van der Waals surface area contributed by atoms with Gasteiger partial charge in [0.25, 0.3) is 0 Å². The molecule has 17 heavy (non-hydrogen) atoms. The Morgan fingerprint density at radius 2 is 1.94 bits per heavy atom. The Morgan fingerprint density at radius 1 is 1.24 bits per heavy atom. The molecule has 0 radical (unpaired) electrons. The van der Waals surface area contributed by atoms with Crippen molar-refractivity contribution in [3.8, 4) is 0 Å². The average molecular weight is 237 g/mol. The number of unbranched alkanes of at least 4 members (excludes halogenated alkanes) is 1. The van der Waals surface area contributed by atoms with E-state index in [2.05, 4.69) is 13.8 Å². The molecule has 2 unspecified atom stereocenters. The van der Waals surface area contributed by atoms with Gasteiger partial charge in [0.2, 0.25) is 0 Å². The first-order valence-electron chi connectivity index (χ1n) is 6.68. The van der Waals surface area contributed by atoms with Gasteiger partial charge in [0.05, 0.1) is 0 Å². The van der Waals surface area contributed by atoms with E-state index in [4.69, 9.17) is 5.73 Å². The molecule has 1 nitrogen and oxygen atoms in total. The Kier molecular flexibility index (Phi) is 6.20. The van der Waals surface area contributed by atoms with Crippen molar-refractivity contribution in [3.05, 3.63) is 35.6 Å². The Labute approximate surface area is 104 Å². The van der Waals surface area contributed by atoms with Gasteiger partial charge in [-0.3, -0.25) is 0 Å². The standard InChI is InChI=1S/C15H24FN/c1-3-5-8-12(4-2)15(17)11-13-9-6-7-10-14(13)16/h6-7,9-10,12,15H,3-5,8,11,17H2,1-2H3. The Balaban J connectivity index is 2.57. The Morgan fingerprint density at radius 3 is 2.53 bits per heavy atom. The molecule has 0 aromatic heterocycles. The van der Waals surface area contributed by atoms with Crippen LogP contribution in [0.15, 0.2) is 24.3 Å². The highest BCUT2D eigenvalue weighted by Gasteiger charge is 2.17. The number of halogens is 1. The van der Waals surface area contributed by atoms with E-state index >= 15 is 0 Å². The smallest absolute Gasteiger partial charge is 0.126 e. The average Bonchev–Trinajstić information content (AvgIpc) is 2.33. The van der Waals surface area contributed by atoms with Gasteiger partial charge in [-0.25, -0.2) is 4.39 Å². The molecule has 2 atom stereocenters. The van der Waals surface area contributed by atoms with Crippen molar-refractivity contribution >= 4 is 0 Å². The third kappa shape index (κ3) is 4.47. The first-order chi connectivity index (χ1) is 8.19. The molecule has 0 saturated heterocycles. The van der Waals surface area contributed by atoms with Crippen molar-refractivity contribution in [2.24, 2.45) is 11.7 Å². The largest absolute Gasteiger partial charge is 0.327 e. The van der Waals surface area contributed by atoms with Gasteiger partial charge in [-0.1, -0.05) is 51.3 Å². The molecule has 1 aromatic carbocycles. The minimum atomic E-state index is -0.131. The second kappa shape index (κ2) is 7.44. The van der Waals surface area contributed by atoms with Gasteiger partial charge in [0.15, 0.2) is 0 Å². The maximum absolute atomic E-state index is 13.5.